The zero-order chi connectivity index (χ0) is 21.3. The number of halogens is 2. The van der Waals surface area contributed by atoms with Gasteiger partial charge in [-0.1, -0.05) is 53.5 Å². The molecule has 0 saturated heterocycles. The second-order valence-electron chi connectivity index (χ2n) is 6.07. The third-order valence-corrected chi connectivity index (χ3v) is 5.26. The maximum Gasteiger partial charge on any atom is 0.311 e. The number of hydrazone groups is 1. The summed E-state index contributed by atoms with van der Waals surface area (Å²) >= 11 is 14.0. The first-order valence-corrected chi connectivity index (χ1v) is 10.7. The van der Waals surface area contributed by atoms with Crippen LogP contribution in [0.4, 0.5) is 5.13 Å². The quantitative estimate of drug-likeness (QED) is 0.254. The number of nitrogens with one attached hydrogen (secondary N) is 1. The van der Waals surface area contributed by atoms with Crippen molar-refractivity contribution in [3.8, 4) is 5.75 Å². The number of benzene rings is 2. The molecule has 0 amide bonds. The molecule has 0 unspecified atom stereocenters. The smallest absolute Gasteiger partial charge is 0.311 e. The average Bonchev–Trinajstić information content (AvgIpc) is 3.16. The minimum Gasteiger partial charge on any atom is -0.489 e. The Kier molecular flexibility index (Phi) is 8.07. The fourth-order valence-electron chi connectivity index (χ4n) is 2.46. The zero-order valence-corrected chi connectivity index (χ0v) is 18.4. The lowest BCUT2D eigenvalue weighted by Gasteiger charge is -2.09. The minimum absolute atomic E-state index is 0.123. The molecule has 0 bridgehead atoms. The molecule has 1 heterocycles. The number of hydrogen-bond acceptors (Lipinski definition) is 7. The van der Waals surface area contributed by atoms with Crippen LogP contribution in [0.5, 0.6) is 5.75 Å². The number of carbonyl (C=O) groups is 1. The minimum atomic E-state index is -0.314. The van der Waals surface area contributed by atoms with Crippen LogP contribution in [0.25, 0.3) is 0 Å². The second-order valence-corrected chi connectivity index (χ2v) is 7.74. The Hall–Kier alpha value is -2.61. The van der Waals surface area contributed by atoms with Gasteiger partial charge < -0.3 is 9.47 Å². The number of ether oxygens (including phenoxy) is 2. The molecule has 30 heavy (non-hydrogen) atoms. The van der Waals surface area contributed by atoms with E-state index in [4.69, 9.17) is 32.7 Å². The number of aromatic nitrogens is 1. The van der Waals surface area contributed by atoms with Gasteiger partial charge in [-0.3, -0.25) is 10.2 Å². The molecular formula is C21H19Cl2N3O3S. The number of nitrogens with zero attached hydrogens (tertiary/aromatic N) is 2. The van der Waals surface area contributed by atoms with Crippen molar-refractivity contribution in [1.82, 2.24) is 4.98 Å². The van der Waals surface area contributed by atoms with Gasteiger partial charge >= 0.3 is 5.97 Å². The Morgan fingerprint density at radius 3 is 2.67 bits per heavy atom. The highest BCUT2D eigenvalue weighted by molar-refractivity contribution is 7.13. The fourth-order valence-corrected chi connectivity index (χ4v) is 3.68. The zero-order valence-electron chi connectivity index (χ0n) is 16.1. The first-order valence-electron chi connectivity index (χ1n) is 9.10. The van der Waals surface area contributed by atoms with Gasteiger partial charge in [-0.15, -0.1) is 11.3 Å². The number of carbonyl (C=O) groups excluding carboxylic acids is 1. The van der Waals surface area contributed by atoms with Crippen LogP contribution in [0.15, 0.2) is 52.9 Å². The van der Waals surface area contributed by atoms with E-state index in [2.05, 4.69) is 15.5 Å². The summed E-state index contributed by atoms with van der Waals surface area (Å²) in [4.78, 5) is 15.8. The summed E-state index contributed by atoms with van der Waals surface area (Å²) in [6, 6.07) is 13.2. The molecule has 0 fully saturated rings. The topological polar surface area (TPSA) is 72.8 Å². The standard InChI is InChI=1S/C21H19Cl2N3O3S/c1-2-28-20(27)8-15-13-30-21(25-15)26-24-11-17-18(22)9-16(10-19(17)23)29-12-14-6-4-3-5-7-14/h3-7,9-11,13H,2,8,12H2,1H3,(H,25,26). The lowest BCUT2D eigenvalue weighted by molar-refractivity contribution is -0.142. The summed E-state index contributed by atoms with van der Waals surface area (Å²) in [6.45, 7) is 2.52. The van der Waals surface area contributed by atoms with Crippen LogP contribution < -0.4 is 10.2 Å². The number of anilines is 1. The normalized spacial score (nSPS) is 10.9. The lowest BCUT2D eigenvalue weighted by Crippen LogP contribution is -2.07. The highest BCUT2D eigenvalue weighted by Crippen LogP contribution is 2.29. The maximum atomic E-state index is 11.5. The van der Waals surface area contributed by atoms with Gasteiger partial charge in [0, 0.05) is 10.9 Å². The average molecular weight is 464 g/mol. The number of thiazole rings is 1. The van der Waals surface area contributed by atoms with Crippen LogP contribution >= 0.6 is 34.5 Å². The van der Waals surface area contributed by atoms with Crippen molar-refractivity contribution in [1.29, 1.82) is 0 Å². The van der Waals surface area contributed by atoms with E-state index in [1.54, 1.807) is 24.4 Å². The Balaban J connectivity index is 1.59. The van der Waals surface area contributed by atoms with Crippen molar-refractivity contribution in [2.24, 2.45) is 5.10 Å². The van der Waals surface area contributed by atoms with Gasteiger partial charge in [0.1, 0.15) is 12.4 Å². The van der Waals surface area contributed by atoms with Crippen molar-refractivity contribution in [2.45, 2.75) is 20.0 Å². The molecule has 0 atom stereocenters. The van der Waals surface area contributed by atoms with E-state index in [0.29, 0.717) is 45.4 Å². The first kappa shape index (κ1) is 22.1. The fraction of sp³-hybridized carbons (Fsp3) is 0.190. The molecule has 2 aromatic carbocycles. The van der Waals surface area contributed by atoms with Crippen LogP contribution in [-0.2, 0) is 22.6 Å². The maximum absolute atomic E-state index is 11.5. The Bertz CT molecular complexity index is 1000. The molecule has 0 aliphatic heterocycles. The van der Waals surface area contributed by atoms with Crippen molar-refractivity contribution in [2.75, 3.05) is 12.0 Å². The summed E-state index contributed by atoms with van der Waals surface area (Å²) in [7, 11) is 0. The molecule has 0 aliphatic carbocycles. The van der Waals surface area contributed by atoms with E-state index < -0.39 is 0 Å². The molecule has 3 aromatic rings. The molecule has 0 spiro atoms. The van der Waals surface area contributed by atoms with Gasteiger partial charge in [0.15, 0.2) is 0 Å². The molecule has 0 aliphatic rings. The summed E-state index contributed by atoms with van der Waals surface area (Å²) in [5.74, 6) is 0.258. The summed E-state index contributed by atoms with van der Waals surface area (Å²) in [6.07, 6.45) is 1.63. The monoisotopic (exact) mass is 463 g/mol. The van der Waals surface area contributed by atoms with Crippen molar-refractivity contribution in [3.63, 3.8) is 0 Å². The van der Waals surface area contributed by atoms with E-state index >= 15 is 0 Å². The molecule has 0 saturated carbocycles. The number of rotatable bonds is 9. The molecule has 1 N–H and O–H groups in total. The summed E-state index contributed by atoms with van der Waals surface area (Å²) in [5, 5.41) is 7.28. The lowest BCUT2D eigenvalue weighted by atomic mass is 10.2. The molecule has 156 valence electrons. The van der Waals surface area contributed by atoms with Crippen LogP contribution in [0.3, 0.4) is 0 Å². The predicted octanol–water partition coefficient (Wildman–Crippen LogP) is 5.58. The largest absolute Gasteiger partial charge is 0.489 e. The van der Waals surface area contributed by atoms with Crippen molar-refractivity contribution in [3.05, 3.63) is 74.7 Å². The van der Waals surface area contributed by atoms with Crippen LogP contribution in [0.2, 0.25) is 10.0 Å². The first-order chi connectivity index (χ1) is 14.5. The van der Waals surface area contributed by atoms with Gasteiger partial charge in [-0.05, 0) is 24.6 Å². The van der Waals surface area contributed by atoms with Crippen LogP contribution in [0, 0.1) is 0 Å². The Morgan fingerprint density at radius 1 is 1.23 bits per heavy atom. The van der Waals surface area contributed by atoms with E-state index in [0.717, 1.165) is 5.56 Å². The molecule has 0 radical (unpaired) electrons. The number of esters is 1. The van der Waals surface area contributed by atoms with E-state index in [-0.39, 0.29) is 12.4 Å². The molecule has 6 nitrogen and oxygen atoms in total. The third-order valence-electron chi connectivity index (χ3n) is 3.84. The predicted molar refractivity (Wildman–Crippen MR) is 121 cm³/mol. The van der Waals surface area contributed by atoms with Crippen molar-refractivity contribution < 1.29 is 14.3 Å². The highest BCUT2D eigenvalue weighted by atomic mass is 35.5. The molecular weight excluding hydrogens is 445 g/mol. The van der Waals surface area contributed by atoms with Crippen LogP contribution in [-0.4, -0.2) is 23.8 Å². The van der Waals surface area contributed by atoms with Gasteiger partial charge in [-0.25, -0.2) is 4.98 Å². The van der Waals surface area contributed by atoms with Crippen molar-refractivity contribution >= 4 is 51.9 Å². The molecule has 1 aromatic heterocycles. The second kappa shape index (κ2) is 11.0. The number of hydrogen-bond donors (Lipinski definition) is 1. The van der Waals surface area contributed by atoms with Gasteiger partial charge in [0.25, 0.3) is 0 Å². The van der Waals surface area contributed by atoms with Gasteiger partial charge in [0.05, 0.1) is 35.0 Å². The summed E-state index contributed by atoms with van der Waals surface area (Å²) in [5.41, 5.74) is 5.03. The van der Waals surface area contributed by atoms with E-state index in [1.807, 2.05) is 30.3 Å². The Labute approximate surface area is 188 Å². The van der Waals surface area contributed by atoms with E-state index in [9.17, 15) is 4.79 Å². The Morgan fingerprint density at radius 2 is 1.97 bits per heavy atom. The molecule has 9 heteroatoms. The summed E-state index contributed by atoms with van der Waals surface area (Å²) < 4.78 is 10.7. The van der Waals surface area contributed by atoms with Gasteiger partial charge in [0.2, 0.25) is 5.13 Å². The third kappa shape index (κ3) is 6.45. The van der Waals surface area contributed by atoms with Gasteiger partial charge in [-0.2, -0.15) is 5.10 Å². The SMILES string of the molecule is CCOC(=O)Cc1csc(NN=Cc2c(Cl)cc(OCc3ccccc3)cc2Cl)n1. The van der Waals surface area contributed by atoms with E-state index in [1.165, 1.54) is 17.6 Å². The van der Waals surface area contributed by atoms with Crippen LogP contribution in [0.1, 0.15) is 23.7 Å². The highest BCUT2D eigenvalue weighted by Gasteiger charge is 2.09. The molecule has 3 rings (SSSR count).